The van der Waals surface area contributed by atoms with E-state index < -0.39 is 10.0 Å². The highest BCUT2D eigenvalue weighted by Crippen LogP contribution is 2.28. The predicted molar refractivity (Wildman–Crippen MR) is 100 cm³/mol. The van der Waals surface area contributed by atoms with E-state index >= 15 is 0 Å². The van der Waals surface area contributed by atoms with Gasteiger partial charge in [-0.2, -0.15) is 0 Å². The molecule has 7 nitrogen and oxygen atoms in total. The molecule has 1 heterocycles. The second kappa shape index (κ2) is 7.33. The Morgan fingerprint density at radius 1 is 1.08 bits per heavy atom. The van der Waals surface area contributed by atoms with Gasteiger partial charge in [-0.1, -0.05) is 36.4 Å². The average molecular weight is 375 g/mol. The highest BCUT2D eigenvalue weighted by atomic mass is 32.2. The zero-order valence-corrected chi connectivity index (χ0v) is 15.4. The molecule has 0 aromatic heterocycles. The summed E-state index contributed by atoms with van der Waals surface area (Å²) in [5.74, 6) is -0.270. The largest absolute Gasteiger partial charge is 0.342 e. The number of fused-ring (bicyclic) bond motifs is 1. The molecule has 2 aromatic carbocycles. The third kappa shape index (κ3) is 3.80. The van der Waals surface area contributed by atoms with Gasteiger partial charge >= 0.3 is 0 Å². The van der Waals surface area contributed by atoms with Gasteiger partial charge in [0.1, 0.15) is 6.54 Å². The van der Waals surface area contributed by atoms with Gasteiger partial charge in [-0.05, 0) is 11.5 Å². The van der Waals surface area contributed by atoms with E-state index in [2.05, 4.69) is 0 Å². The summed E-state index contributed by atoms with van der Waals surface area (Å²) in [7, 11) is -3.64. The number of anilines is 1. The van der Waals surface area contributed by atoms with Crippen molar-refractivity contribution < 1.29 is 18.0 Å². The van der Waals surface area contributed by atoms with Crippen LogP contribution in [0.25, 0.3) is 10.8 Å². The van der Waals surface area contributed by atoms with Crippen LogP contribution in [0.4, 0.5) is 5.69 Å². The van der Waals surface area contributed by atoms with E-state index in [0.717, 1.165) is 27.7 Å². The van der Waals surface area contributed by atoms with E-state index in [1.54, 1.807) is 21.9 Å². The molecule has 138 valence electrons. The zero-order chi connectivity index (χ0) is 18.7. The molecule has 0 spiro atoms. The summed E-state index contributed by atoms with van der Waals surface area (Å²) in [5.41, 5.74) is 0.491. The normalized spacial score (nSPS) is 15.1. The van der Waals surface area contributed by atoms with Gasteiger partial charge in [0.15, 0.2) is 0 Å². The number of amides is 2. The van der Waals surface area contributed by atoms with Crippen molar-refractivity contribution in [1.82, 2.24) is 9.80 Å². The van der Waals surface area contributed by atoms with Gasteiger partial charge in [0, 0.05) is 31.6 Å². The second-order valence-electron chi connectivity index (χ2n) is 6.29. The fourth-order valence-electron chi connectivity index (χ4n) is 3.11. The molecule has 3 rings (SSSR count). The lowest BCUT2D eigenvalue weighted by atomic mass is 10.1. The van der Waals surface area contributed by atoms with E-state index in [-0.39, 0.29) is 12.5 Å². The number of sulfonamides is 1. The number of carbonyl (C=O) groups is 2. The van der Waals surface area contributed by atoms with Gasteiger partial charge in [0.25, 0.3) is 0 Å². The molecule has 2 aromatic rings. The Bertz CT molecular complexity index is 916. The smallest absolute Gasteiger partial charge is 0.243 e. The number of hydrogen-bond acceptors (Lipinski definition) is 4. The quantitative estimate of drug-likeness (QED) is 0.728. The molecule has 1 saturated heterocycles. The van der Waals surface area contributed by atoms with E-state index in [9.17, 15) is 18.0 Å². The molecule has 0 N–H and O–H groups in total. The summed E-state index contributed by atoms with van der Waals surface area (Å²) in [6.45, 7) is 1.48. The van der Waals surface area contributed by atoms with Crippen LogP contribution >= 0.6 is 0 Å². The lowest BCUT2D eigenvalue weighted by Crippen LogP contribution is -2.51. The molecule has 0 aliphatic carbocycles. The second-order valence-corrected chi connectivity index (χ2v) is 8.20. The van der Waals surface area contributed by atoms with E-state index in [0.29, 0.717) is 31.9 Å². The highest BCUT2D eigenvalue weighted by Gasteiger charge is 2.27. The van der Waals surface area contributed by atoms with Crippen LogP contribution in [0.2, 0.25) is 0 Å². The van der Waals surface area contributed by atoms with E-state index in [1.165, 1.54) is 0 Å². The molecule has 0 atom stereocenters. The molecule has 0 radical (unpaired) electrons. The minimum atomic E-state index is -3.64. The van der Waals surface area contributed by atoms with Crippen LogP contribution in [0.15, 0.2) is 42.5 Å². The summed E-state index contributed by atoms with van der Waals surface area (Å²) >= 11 is 0. The van der Waals surface area contributed by atoms with Crippen LogP contribution < -0.4 is 4.31 Å². The molecular weight excluding hydrogens is 354 g/mol. The predicted octanol–water partition coefficient (Wildman–Crippen LogP) is 0.906. The van der Waals surface area contributed by atoms with E-state index in [4.69, 9.17) is 0 Å². The first-order chi connectivity index (χ1) is 12.4. The van der Waals surface area contributed by atoms with Crippen molar-refractivity contribution in [2.75, 3.05) is 43.3 Å². The van der Waals surface area contributed by atoms with Gasteiger partial charge in [0.05, 0.1) is 11.9 Å². The monoisotopic (exact) mass is 375 g/mol. The Kier molecular flexibility index (Phi) is 5.13. The lowest BCUT2D eigenvalue weighted by molar-refractivity contribution is -0.133. The molecule has 1 fully saturated rings. The van der Waals surface area contributed by atoms with Gasteiger partial charge in [-0.25, -0.2) is 8.42 Å². The third-order valence-corrected chi connectivity index (χ3v) is 5.66. The average Bonchev–Trinajstić information content (AvgIpc) is 2.65. The topological polar surface area (TPSA) is 78.0 Å². The molecule has 26 heavy (non-hydrogen) atoms. The van der Waals surface area contributed by atoms with Crippen LogP contribution in [0.1, 0.15) is 0 Å². The van der Waals surface area contributed by atoms with Crippen molar-refractivity contribution in [3.05, 3.63) is 42.5 Å². The summed E-state index contributed by atoms with van der Waals surface area (Å²) in [6.07, 6.45) is 1.87. The van der Waals surface area contributed by atoms with Crippen LogP contribution in [0, 0.1) is 0 Å². The highest BCUT2D eigenvalue weighted by molar-refractivity contribution is 7.92. The number of nitrogens with zero attached hydrogens (tertiary/aromatic N) is 3. The van der Waals surface area contributed by atoms with Crippen molar-refractivity contribution in [2.24, 2.45) is 0 Å². The molecule has 0 unspecified atom stereocenters. The maximum absolute atomic E-state index is 12.7. The molecule has 0 saturated carbocycles. The van der Waals surface area contributed by atoms with Crippen molar-refractivity contribution >= 4 is 38.8 Å². The number of rotatable bonds is 5. The maximum atomic E-state index is 12.7. The first-order valence-electron chi connectivity index (χ1n) is 8.33. The van der Waals surface area contributed by atoms with Crippen molar-refractivity contribution in [3.8, 4) is 0 Å². The molecule has 1 aliphatic rings. The van der Waals surface area contributed by atoms with Crippen molar-refractivity contribution in [1.29, 1.82) is 0 Å². The third-order valence-electron chi connectivity index (χ3n) is 4.53. The van der Waals surface area contributed by atoms with Crippen LogP contribution in [0.5, 0.6) is 0 Å². The van der Waals surface area contributed by atoms with Gasteiger partial charge in [-0.3, -0.25) is 13.9 Å². The van der Waals surface area contributed by atoms with Crippen molar-refractivity contribution in [2.45, 2.75) is 0 Å². The van der Waals surface area contributed by atoms with Gasteiger partial charge in [-0.15, -0.1) is 0 Å². The Balaban J connectivity index is 1.88. The summed E-state index contributed by atoms with van der Waals surface area (Å²) < 4.78 is 25.9. The molecule has 0 bridgehead atoms. The summed E-state index contributed by atoms with van der Waals surface area (Å²) in [6, 6.07) is 12.9. The summed E-state index contributed by atoms with van der Waals surface area (Å²) in [4.78, 5) is 26.7. The standard InChI is InChI=1S/C18H21N3O4S/c1-26(24,25)21(13-18(23)20-11-9-19(14-22)10-12-20)17-8-4-6-15-5-2-3-7-16(15)17/h2-8,14H,9-13H2,1H3. The fourth-order valence-corrected chi connectivity index (χ4v) is 3.97. The van der Waals surface area contributed by atoms with Gasteiger partial charge < -0.3 is 9.80 Å². The molecule has 2 amide bonds. The Labute approximate surface area is 152 Å². The Hall–Kier alpha value is -2.61. The Morgan fingerprint density at radius 3 is 2.38 bits per heavy atom. The van der Waals surface area contributed by atoms with Crippen LogP contribution in [-0.2, 0) is 19.6 Å². The fraction of sp³-hybridized carbons (Fsp3) is 0.333. The lowest BCUT2D eigenvalue weighted by Gasteiger charge is -2.34. The number of hydrogen-bond donors (Lipinski definition) is 0. The van der Waals surface area contributed by atoms with E-state index in [1.807, 2.05) is 30.3 Å². The SMILES string of the molecule is CS(=O)(=O)N(CC(=O)N1CCN(C=O)CC1)c1cccc2ccccc12. The zero-order valence-electron chi connectivity index (χ0n) is 14.5. The minimum Gasteiger partial charge on any atom is -0.342 e. The first-order valence-corrected chi connectivity index (χ1v) is 10.2. The van der Waals surface area contributed by atoms with Gasteiger partial charge in [0.2, 0.25) is 22.3 Å². The van der Waals surface area contributed by atoms with Crippen LogP contribution in [-0.4, -0.2) is 69.5 Å². The minimum absolute atomic E-state index is 0.256. The van der Waals surface area contributed by atoms with Crippen LogP contribution in [0.3, 0.4) is 0 Å². The molecule has 1 aliphatic heterocycles. The Morgan fingerprint density at radius 2 is 1.73 bits per heavy atom. The number of carbonyl (C=O) groups excluding carboxylic acids is 2. The maximum Gasteiger partial charge on any atom is 0.243 e. The van der Waals surface area contributed by atoms with Crippen molar-refractivity contribution in [3.63, 3.8) is 0 Å². The number of piperazine rings is 1. The number of benzene rings is 2. The summed E-state index contributed by atoms with van der Waals surface area (Å²) in [5, 5.41) is 1.68. The first kappa shape index (κ1) is 18.2. The molecule has 8 heteroatoms. The molecular formula is C18H21N3O4S.